The Hall–Kier alpha value is -1.65. The first-order valence-corrected chi connectivity index (χ1v) is 22.1. The summed E-state index contributed by atoms with van der Waals surface area (Å²) >= 11 is -0.560. The van der Waals surface area contributed by atoms with Gasteiger partial charge in [-0.1, -0.05) is 51.4 Å². The number of aliphatic hydroxyl groups excluding tert-OH is 4. The first-order valence-electron chi connectivity index (χ1n) is 20.9. The molecule has 0 atom stereocenters. The summed E-state index contributed by atoms with van der Waals surface area (Å²) in [4.78, 5) is 42.3. The second kappa shape index (κ2) is 52.4. The molecule has 15 heteroatoms. The summed E-state index contributed by atoms with van der Waals surface area (Å²) in [7, 11) is 0. The fourth-order valence-corrected chi connectivity index (χ4v) is 5.62. The first-order chi connectivity index (χ1) is 26.8. The molecule has 0 aliphatic carbocycles. The number of carbonyl (C=O) groups excluding carboxylic acids is 4. The molecule has 0 aromatic carbocycles. The van der Waals surface area contributed by atoms with E-state index < -0.39 is 70.2 Å². The SMILES string of the molecule is CCCCCCCC[O][Ti][O]CCCCCCCC.O=C(CO)OCCCCCCCCOC(=O)CO.O=C(CO)OCCCCCCCCOC(=O)CO. The number of aliphatic hydroxyl groups is 4. The third-order valence-corrected chi connectivity index (χ3v) is 8.97. The fourth-order valence-electron chi connectivity index (χ4n) is 4.78. The third kappa shape index (κ3) is 56.8. The second-order valence-electron chi connectivity index (χ2n) is 13.1. The van der Waals surface area contributed by atoms with E-state index in [4.69, 9.17) is 46.0 Å². The van der Waals surface area contributed by atoms with Gasteiger partial charge in [-0.25, -0.2) is 19.2 Å². The molecule has 326 valence electrons. The van der Waals surface area contributed by atoms with Crippen LogP contribution in [0.3, 0.4) is 0 Å². The predicted molar refractivity (Wildman–Crippen MR) is 206 cm³/mol. The number of unbranched alkanes of at least 4 members (excludes halogenated alkanes) is 20. The van der Waals surface area contributed by atoms with Gasteiger partial charge in [0.15, 0.2) is 0 Å². The van der Waals surface area contributed by atoms with Crippen molar-refractivity contribution in [3.05, 3.63) is 0 Å². The van der Waals surface area contributed by atoms with Gasteiger partial charge in [-0.3, -0.25) is 0 Å². The van der Waals surface area contributed by atoms with Crippen LogP contribution in [-0.4, -0.2) is 110 Å². The van der Waals surface area contributed by atoms with Gasteiger partial charge in [-0.05, 0) is 25.7 Å². The van der Waals surface area contributed by atoms with Gasteiger partial charge >= 0.3 is 155 Å². The van der Waals surface area contributed by atoms with Gasteiger partial charge in [-0.15, -0.1) is 0 Å². The minimum Gasteiger partial charge on any atom is -0.464 e. The van der Waals surface area contributed by atoms with Crippen LogP contribution in [0.5, 0.6) is 0 Å². The normalized spacial score (nSPS) is 10.4. The summed E-state index contributed by atoms with van der Waals surface area (Å²) in [6.07, 6.45) is 27.2. The van der Waals surface area contributed by atoms with Crippen molar-refractivity contribution in [2.75, 3.05) is 66.1 Å². The van der Waals surface area contributed by atoms with Crippen LogP contribution in [0.25, 0.3) is 0 Å². The largest absolute Gasteiger partial charge is 0.464 e. The van der Waals surface area contributed by atoms with Crippen molar-refractivity contribution >= 4 is 23.9 Å². The van der Waals surface area contributed by atoms with E-state index in [1.165, 1.54) is 77.0 Å². The van der Waals surface area contributed by atoms with Gasteiger partial charge in [0.1, 0.15) is 26.4 Å². The van der Waals surface area contributed by atoms with Crippen LogP contribution in [0.15, 0.2) is 0 Å². The molecule has 0 saturated carbocycles. The monoisotopic (exact) mass is 830 g/mol. The number of ether oxygens (including phenoxy) is 4. The van der Waals surface area contributed by atoms with Crippen molar-refractivity contribution in [1.82, 2.24) is 0 Å². The molecule has 0 aliphatic rings. The second-order valence-corrected chi connectivity index (χ2v) is 14.2. The van der Waals surface area contributed by atoms with Crippen molar-refractivity contribution < 1.29 is 85.1 Å². The molecule has 0 fully saturated rings. The van der Waals surface area contributed by atoms with Crippen LogP contribution in [0.4, 0.5) is 0 Å². The van der Waals surface area contributed by atoms with E-state index >= 15 is 0 Å². The van der Waals surface area contributed by atoms with E-state index in [1.54, 1.807) is 0 Å². The van der Waals surface area contributed by atoms with Crippen LogP contribution in [0.1, 0.15) is 168 Å². The van der Waals surface area contributed by atoms with Crippen molar-refractivity contribution in [2.24, 2.45) is 0 Å². The molecule has 0 bridgehead atoms. The number of hydrogen-bond donors (Lipinski definition) is 4. The molecule has 55 heavy (non-hydrogen) atoms. The summed E-state index contributed by atoms with van der Waals surface area (Å²) in [5.41, 5.74) is 0. The van der Waals surface area contributed by atoms with Crippen molar-refractivity contribution in [3.63, 3.8) is 0 Å². The number of esters is 4. The van der Waals surface area contributed by atoms with Gasteiger partial charge in [0.05, 0.1) is 26.4 Å². The first kappa shape index (κ1) is 57.7. The Labute approximate surface area is 341 Å². The molecule has 0 heterocycles. The summed E-state index contributed by atoms with van der Waals surface area (Å²) < 4.78 is 30.0. The minimum absolute atomic E-state index is 0.355. The molecule has 4 N–H and O–H groups in total. The Morgan fingerprint density at radius 1 is 0.327 bits per heavy atom. The van der Waals surface area contributed by atoms with E-state index in [2.05, 4.69) is 13.8 Å². The summed E-state index contributed by atoms with van der Waals surface area (Å²) in [5, 5.41) is 33.6. The van der Waals surface area contributed by atoms with Crippen LogP contribution in [0.2, 0.25) is 0 Å². The number of hydrogen-bond acceptors (Lipinski definition) is 14. The Kier molecular flexibility index (Phi) is 54.9. The van der Waals surface area contributed by atoms with Crippen LogP contribution >= 0.6 is 0 Å². The van der Waals surface area contributed by atoms with Gasteiger partial charge < -0.3 is 39.4 Å². The van der Waals surface area contributed by atoms with Crippen LogP contribution in [0, 0.1) is 0 Å². The zero-order valence-electron chi connectivity index (χ0n) is 34.4. The molecule has 0 rings (SSSR count). The van der Waals surface area contributed by atoms with Crippen molar-refractivity contribution in [3.8, 4) is 0 Å². The van der Waals surface area contributed by atoms with Gasteiger partial charge in [0.25, 0.3) is 0 Å². The van der Waals surface area contributed by atoms with E-state index in [-0.39, 0.29) is 0 Å². The predicted octanol–water partition coefficient (Wildman–Crippen LogP) is 6.45. The topological polar surface area (TPSA) is 205 Å². The van der Waals surface area contributed by atoms with Crippen molar-refractivity contribution in [1.29, 1.82) is 0 Å². The zero-order chi connectivity index (χ0) is 41.3. The Morgan fingerprint density at radius 3 is 0.745 bits per heavy atom. The van der Waals surface area contributed by atoms with Gasteiger partial charge in [-0.2, -0.15) is 0 Å². The molecule has 0 amide bonds. The molecule has 0 spiro atoms. The quantitative estimate of drug-likeness (QED) is 0.0229. The zero-order valence-corrected chi connectivity index (χ0v) is 36.0. The summed E-state index contributed by atoms with van der Waals surface area (Å²) in [5.74, 6) is -2.33. The smallest absolute Gasteiger partial charge is 0.331 e. The Balaban J connectivity index is -0.000000738. The number of carbonyl (C=O) groups is 4. The minimum atomic E-state index is -0.583. The van der Waals surface area contributed by atoms with E-state index in [1.807, 2.05) is 0 Å². The molecule has 0 radical (unpaired) electrons. The third-order valence-electron chi connectivity index (χ3n) is 7.96. The molecular weight excluding hydrogens is 752 g/mol. The number of rotatable bonds is 38. The standard InChI is InChI=1S/2C12H22O6.2C8H17O.Ti/c2*13-9-11(15)17-7-5-3-1-2-4-6-8-18-12(16)10-14;2*1-2-3-4-5-6-7-8-9;/h2*13-14H,1-10H2;2*2-8H2,1H3;/q;;2*-1;+2. The van der Waals surface area contributed by atoms with Crippen molar-refractivity contribution in [2.45, 2.75) is 168 Å². The molecule has 0 unspecified atom stereocenters. The Bertz CT molecular complexity index is 707. The molecule has 0 saturated heterocycles. The van der Waals surface area contributed by atoms with E-state index in [0.29, 0.717) is 26.4 Å². The molecule has 0 aromatic rings. The molecule has 0 aromatic heterocycles. The van der Waals surface area contributed by atoms with Gasteiger partial charge in [0.2, 0.25) is 0 Å². The Morgan fingerprint density at radius 2 is 0.527 bits per heavy atom. The summed E-state index contributed by atoms with van der Waals surface area (Å²) in [6.45, 7) is 5.52. The molecule has 0 aliphatic heterocycles. The van der Waals surface area contributed by atoms with Crippen LogP contribution in [-0.2, 0) is 64.7 Å². The fraction of sp³-hybridized carbons (Fsp3) is 0.900. The maximum absolute atomic E-state index is 10.6. The maximum Gasteiger partial charge on any atom is 0.331 e. The molecule has 14 nitrogen and oxygen atoms in total. The van der Waals surface area contributed by atoms with Gasteiger partial charge in [0, 0.05) is 0 Å². The van der Waals surface area contributed by atoms with Crippen LogP contribution < -0.4 is 0 Å². The molecular formula is C40H78O14Ti. The maximum atomic E-state index is 10.6. The van der Waals surface area contributed by atoms with E-state index in [0.717, 1.165) is 90.3 Å². The average molecular weight is 831 g/mol. The average Bonchev–Trinajstić information content (AvgIpc) is 3.20. The summed E-state index contributed by atoms with van der Waals surface area (Å²) in [6, 6.07) is 0. The van der Waals surface area contributed by atoms with E-state index in [9.17, 15) is 19.2 Å².